The summed E-state index contributed by atoms with van der Waals surface area (Å²) in [6.45, 7) is 0. The highest BCUT2D eigenvalue weighted by molar-refractivity contribution is 6.30. The van der Waals surface area contributed by atoms with Crippen molar-refractivity contribution in [3.63, 3.8) is 0 Å². The Morgan fingerprint density at radius 3 is 1.81 bits per heavy atom. The van der Waals surface area contributed by atoms with E-state index in [1.54, 1.807) is 0 Å². The van der Waals surface area contributed by atoms with Crippen LogP contribution in [-0.4, -0.2) is 5.11 Å². The molecule has 0 saturated heterocycles. The lowest BCUT2D eigenvalue weighted by atomic mass is 9.71. The summed E-state index contributed by atoms with van der Waals surface area (Å²) < 4.78 is 0. The normalized spacial score (nSPS) is 42.4. The maximum Gasteiger partial charge on any atom is 0.0958 e. The van der Waals surface area contributed by atoms with Gasteiger partial charge in [-0.05, 0) is 67.1 Å². The largest absolute Gasteiger partial charge is 0.385 e. The van der Waals surface area contributed by atoms with Crippen molar-refractivity contribution in [1.82, 2.24) is 0 Å². The zero-order chi connectivity index (χ0) is 14.4. The van der Waals surface area contributed by atoms with Crippen LogP contribution in [0, 0.1) is 23.7 Å². The van der Waals surface area contributed by atoms with Crippen molar-refractivity contribution in [3.8, 4) is 0 Å². The summed E-state index contributed by atoms with van der Waals surface area (Å²) in [7, 11) is 0. The van der Waals surface area contributed by atoms with Crippen LogP contribution in [0.2, 0.25) is 5.02 Å². The third-order valence-electron chi connectivity index (χ3n) is 6.63. The summed E-state index contributed by atoms with van der Waals surface area (Å²) in [5, 5.41) is 12.6. The van der Waals surface area contributed by atoms with E-state index in [-0.39, 0.29) is 0 Å². The summed E-state index contributed by atoms with van der Waals surface area (Å²) in [6, 6.07) is 8.04. The number of rotatable bonds is 1. The van der Waals surface area contributed by atoms with Crippen LogP contribution < -0.4 is 0 Å². The molecule has 5 atom stereocenters. The molecule has 0 bridgehead atoms. The monoisotopic (exact) mass is 304 g/mol. The van der Waals surface area contributed by atoms with E-state index < -0.39 is 5.60 Å². The Morgan fingerprint density at radius 1 is 0.810 bits per heavy atom. The lowest BCUT2D eigenvalue weighted by Gasteiger charge is -2.39. The maximum atomic E-state index is 11.8. The Morgan fingerprint density at radius 2 is 1.29 bits per heavy atom. The molecule has 2 heteroatoms. The quantitative estimate of drug-likeness (QED) is 0.760. The molecule has 3 saturated carbocycles. The first-order valence-electron chi connectivity index (χ1n) is 8.69. The van der Waals surface area contributed by atoms with Crippen molar-refractivity contribution in [2.24, 2.45) is 23.7 Å². The summed E-state index contributed by atoms with van der Waals surface area (Å²) in [5.41, 5.74) is 0.527. The number of aliphatic hydroxyl groups is 1. The van der Waals surface area contributed by atoms with Crippen LogP contribution in [0.5, 0.6) is 0 Å². The van der Waals surface area contributed by atoms with Gasteiger partial charge in [0, 0.05) is 5.02 Å². The van der Waals surface area contributed by atoms with Crippen molar-refractivity contribution < 1.29 is 5.11 Å². The predicted octanol–water partition coefficient (Wildman–Crippen LogP) is 5.15. The predicted molar refractivity (Wildman–Crippen MR) is 86.2 cm³/mol. The number of hydrogen-bond acceptors (Lipinski definition) is 1. The third kappa shape index (κ3) is 2.08. The van der Waals surface area contributed by atoms with Crippen molar-refractivity contribution in [2.75, 3.05) is 0 Å². The Bertz CT molecular complexity index is 487. The Hall–Kier alpha value is -0.530. The summed E-state index contributed by atoms with van der Waals surface area (Å²) in [6.07, 6.45) is 10.4. The van der Waals surface area contributed by atoms with Crippen molar-refractivity contribution in [1.29, 1.82) is 0 Å². The minimum absolute atomic E-state index is 0.473. The van der Waals surface area contributed by atoms with Crippen LogP contribution in [0.3, 0.4) is 0 Å². The van der Waals surface area contributed by atoms with Crippen molar-refractivity contribution >= 4 is 11.6 Å². The molecule has 0 radical (unpaired) electrons. The summed E-state index contributed by atoms with van der Waals surface area (Å²) >= 11 is 6.06. The molecule has 1 unspecified atom stereocenters. The first-order chi connectivity index (χ1) is 10.2. The van der Waals surface area contributed by atoms with Crippen LogP contribution in [0.1, 0.15) is 56.9 Å². The average molecular weight is 305 g/mol. The molecule has 3 aliphatic carbocycles. The fourth-order valence-electron chi connectivity index (χ4n) is 5.86. The molecule has 0 heterocycles. The minimum atomic E-state index is -0.596. The van der Waals surface area contributed by atoms with Gasteiger partial charge in [-0.2, -0.15) is 0 Å². The SMILES string of the molecule is OC1(c2ccc(Cl)cc2)[C@H]2CCCC[C@@H]2[C@@H]2CCCC[C@@H]21. The van der Waals surface area contributed by atoms with E-state index in [1.165, 1.54) is 51.4 Å². The topological polar surface area (TPSA) is 20.2 Å². The smallest absolute Gasteiger partial charge is 0.0958 e. The van der Waals surface area contributed by atoms with Gasteiger partial charge in [0.1, 0.15) is 0 Å². The zero-order valence-electron chi connectivity index (χ0n) is 12.6. The molecule has 4 rings (SSSR count). The van der Waals surface area contributed by atoms with Gasteiger partial charge in [-0.1, -0.05) is 49.4 Å². The van der Waals surface area contributed by atoms with Gasteiger partial charge in [0.15, 0.2) is 0 Å². The molecule has 3 aliphatic rings. The molecule has 0 spiro atoms. The fraction of sp³-hybridized carbons (Fsp3) is 0.684. The first-order valence-corrected chi connectivity index (χ1v) is 9.07. The molecule has 1 nitrogen and oxygen atoms in total. The molecule has 0 aromatic heterocycles. The number of fused-ring (bicyclic) bond motifs is 3. The average Bonchev–Trinajstić information content (AvgIpc) is 2.80. The van der Waals surface area contributed by atoms with Gasteiger partial charge in [-0.25, -0.2) is 0 Å². The highest BCUT2D eigenvalue weighted by atomic mass is 35.5. The van der Waals surface area contributed by atoms with Crippen LogP contribution in [0.4, 0.5) is 0 Å². The van der Waals surface area contributed by atoms with Crippen LogP contribution in [0.15, 0.2) is 24.3 Å². The number of hydrogen-bond donors (Lipinski definition) is 1. The lowest BCUT2D eigenvalue weighted by Crippen LogP contribution is -2.39. The molecular weight excluding hydrogens is 280 g/mol. The lowest BCUT2D eigenvalue weighted by molar-refractivity contribution is -0.0650. The van der Waals surface area contributed by atoms with E-state index in [4.69, 9.17) is 11.6 Å². The van der Waals surface area contributed by atoms with E-state index in [9.17, 15) is 5.11 Å². The third-order valence-corrected chi connectivity index (χ3v) is 6.88. The molecule has 21 heavy (non-hydrogen) atoms. The van der Waals surface area contributed by atoms with Gasteiger partial charge in [-0.3, -0.25) is 0 Å². The second kappa shape index (κ2) is 5.28. The Labute approximate surface area is 132 Å². The minimum Gasteiger partial charge on any atom is -0.385 e. The second-order valence-electron chi connectivity index (χ2n) is 7.44. The molecule has 114 valence electrons. The van der Waals surface area contributed by atoms with Gasteiger partial charge in [0.05, 0.1) is 5.60 Å². The molecule has 1 N–H and O–H groups in total. The van der Waals surface area contributed by atoms with E-state index in [0.717, 1.165) is 22.4 Å². The fourth-order valence-corrected chi connectivity index (χ4v) is 5.98. The second-order valence-corrected chi connectivity index (χ2v) is 7.88. The van der Waals surface area contributed by atoms with E-state index in [2.05, 4.69) is 12.1 Å². The molecule has 1 aromatic carbocycles. The molecule has 0 amide bonds. The summed E-state index contributed by atoms with van der Waals surface area (Å²) in [4.78, 5) is 0. The Balaban J connectivity index is 1.78. The van der Waals surface area contributed by atoms with Crippen LogP contribution >= 0.6 is 11.6 Å². The number of benzene rings is 1. The Kier molecular flexibility index (Phi) is 3.54. The van der Waals surface area contributed by atoms with Gasteiger partial charge in [0.25, 0.3) is 0 Å². The van der Waals surface area contributed by atoms with Gasteiger partial charge in [-0.15, -0.1) is 0 Å². The molecule has 3 fully saturated rings. The van der Waals surface area contributed by atoms with Crippen LogP contribution in [0.25, 0.3) is 0 Å². The van der Waals surface area contributed by atoms with E-state index in [1.807, 2.05) is 12.1 Å². The molecular formula is C19H25ClO. The standard InChI is InChI=1S/C19H25ClO/c20-14-11-9-13(10-12-14)19(21)17-7-3-1-5-15(17)16-6-2-4-8-18(16)19/h9-12,15-18,21H,1-8H2/t15-,16+,17-,18-,19?/m0/s1. The van der Waals surface area contributed by atoms with Gasteiger partial charge in [0.2, 0.25) is 0 Å². The van der Waals surface area contributed by atoms with E-state index in [0.29, 0.717) is 11.8 Å². The highest BCUT2D eigenvalue weighted by Crippen LogP contribution is 2.62. The number of halogens is 1. The zero-order valence-corrected chi connectivity index (χ0v) is 13.4. The van der Waals surface area contributed by atoms with E-state index >= 15 is 0 Å². The summed E-state index contributed by atoms with van der Waals surface area (Å²) in [5.74, 6) is 2.45. The molecule has 1 aromatic rings. The maximum absolute atomic E-state index is 11.8. The van der Waals surface area contributed by atoms with Gasteiger partial charge < -0.3 is 5.11 Å². The van der Waals surface area contributed by atoms with Crippen molar-refractivity contribution in [3.05, 3.63) is 34.9 Å². The van der Waals surface area contributed by atoms with Crippen LogP contribution in [-0.2, 0) is 5.60 Å². The highest BCUT2D eigenvalue weighted by Gasteiger charge is 2.60. The molecule has 0 aliphatic heterocycles. The van der Waals surface area contributed by atoms with Crippen molar-refractivity contribution in [2.45, 2.75) is 57.0 Å². The first kappa shape index (κ1) is 14.1. The van der Waals surface area contributed by atoms with Gasteiger partial charge >= 0.3 is 0 Å².